The molecule has 0 N–H and O–H groups in total. The molecule has 0 atom stereocenters. The maximum absolute atomic E-state index is 12.1. The molecule has 0 amide bonds. The number of para-hydroxylation sites is 1. The number of allylic oxidation sites excluding steroid dienone is 1. The number of ketones is 1. The molecule has 1 aliphatic heterocycles. The van der Waals surface area contributed by atoms with Crippen molar-refractivity contribution >= 4 is 29.1 Å². The van der Waals surface area contributed by atoms with Crippen molar-refractivity contribution in [1.82, 2.24) is 0 Å². The number of hydrogen-bond donors (Lipinski definition) is 0. The number of nitro groups is 1. The van der Waals surface area contributed by atoms with Crippen molar-refractivity contribution in [3.63, 3.8) is 0 Å². The maximum atomic E-state index is 12.1. The fourth-order valence-corrected chi connectivity index (χ4v) is 2.23. The summed E-state index contributed by atoms with van der Waals surface area (Å²) in [5.74, 6) is 0.369. The lowest BCUT2D eigenvalue weighted by atomic mass is 10.1. The molecule has 0 bridgehead atoms. The molecule has 2 aromatic rings. The molecule has 2 aromatic carbocycles. The highest BCUT2D eigenvalue weighted by atomic mass is 35.5. The first kappa shape index (κ1) is 13.3. The van der Waals surface area contributed by atoms with E-state index in [-0.39, 0.29) is 22.3 Å². The van der Waals surface area contributed by atoms with Crippen molar-refractivity contribution in [2.24, 2.45) is 0 Å². The highest BCUT2D eigenvalue weighted by molar-refractivity contribution is 6.32. The van der Waals surface area contributed by atoms with Gasteiger partial charge in [0, 0.05) is 6.07 Å². The number of nitro benzene ring substituents is 1. The Labute approximate surface area is 124 Å². The Morgan fingerprint density at radius 1 is 1.19 bits per heavy atom. The molecule has 1 aliphatic rings. The molecule has 0 aliphatic carbocycles. The van der Waals surface area contributed by atoms with Crippen molar-refractivity contribution in [2.75, 3.05) is 0 Å². The van der Waals surface area contributed by atoms with Crippen LogP contribution in [0.4, 0.5) is 5.69 Å². The van der Waals surface area contributed by atoms with E-state index >= 15 is 0 Å². The number of fused-ring (bicyclic) bond motifs is 1. The van der Waals surface area contributed by atoms with Gasteiger partial charge in [-0.05, 0) is 29.8 Å². The van der Waals surface area contributed by atoms with Crippen LogP contribution >= 0.6 is 11.6 Å². The zero-order chi connectivity index (χ0) is 15.0. The predicted molar refractivity (Wildman–Crippen MR) is 77.5 cm³/mol. The van der Waals surface area contributed by atoms with Crippen LogP contribution in [0, 0.1) is 10.1 Å². The Morgan fingerprint density at radius 3 is 2.67 bits per heavy atom. The molecule has 21 heavy (non-hydrogen) atoms. The van der Waals surface area contributed by atoms with Crippen molar-refractivity contribution in [1.29, 1.82) is 0 Å². The van der Waals surface area contributed by atoms with E-state index in [0.717, 1.165) is 0 Å². The number of halogens is 1. The van der Waals surface area contributed by atoms with Crippen molar-refractivity contribution < 1.29 is 14.5 Å². The van der Waals surface area contributed by atoms with Crippen LogP contribution in [0.1, 0.15) is 15.9 Å². The normalized spacial score (nSPS) is 14.9. The summed E-state index contributed by atoms with van der Waals surface area (Å²) in [4.78, 5) is 22.4. The van der Waals surface area contributed by atoms with E-state index in [4.69, 9.17) is 16.3 Å². The van der Waals surface area contributed by atoms with E-state index in [1.54, 1.807) is 30.3 Å². The smallest absolute Gasteiger partial charge is 0.288 e. The molecule has 0 unspecified atom stereocenters. The highest BCUT2D eigenvalue weighted by Crippen LogP contribution is 2.32. The third-order valence-electron chi connectivity index (χ3n) is 3.04. The summed E-state index contributed by atoms with van der Waals surface area (Å²) in [6.07, 6.45) is 1.46. The van der Waals surface area contributed by atoms with Crippen molar-refractivity contribution in [2.45, 2.75) is 0 Å². The van der Waals surface area contributed by atoms with Crippen LogP contribution in [0.3, 0.4) is 0 Å². The number of benzene rings is 2. The number of Topliss-reactive ketones (excluding diaryl/α,β-unsaturated/α-hetero) is 1. The minimum Gasteiger partial charge on any atom is -0.452 e. The lowest BCUT2D eigenvalue weighted by Crippen LogP contribution is -1.98. The van der Waals surface area contributed by atoms with Gasteiger partial charge >= 0.3 is 0 Å². The summed E-state index contributed by atoms with van der Waals surface area (Å²) in [5.41, 5.74) is 0.739. The fourth-order valence-electron chi connectivity index (χ4n) is 2.05. The molecular formula is C15H8ClNO4. The van der Waals surface area contributed by atoms with Gasteiger partial charge in [-0.1, -0.05) is 29.8 Å². The topological polar surface area (TPSA) is 69.4 Å². The van der Waals surface area contributed by atoms with E-state index < -0.39 is 4.92 Å². The minimum atomic E-state index is -0.573. The number of hydrogen-bond acceptors (Lipinski definition) is 4. The molecular weight excluding hydrogens is 294 g/mol. The molecule has 5 nitrogen and oxygen atoms in total. The van der Waals surface area contributed by atoms with Gasteiger partial charge in [-0.25, -0.2) is 0 Å². The molecule has 1 heterocycles. The third-order valence-corrected chi connectivity index (χ3v) is 3.36. The van der Waals surface area contributed by atoms with E-state index in [0.29, 0.717) is 16.9 Å². The van der Waals surface area contributed by atoms with Crippen LogP contribution in [0.5, 0.6) is 5.75 Å². The van der Waals surface area contributed by atoms with Crippen LogP contribution in [-0.4, -0.2) is 10.7 Å². The first-order chi connectivity index (χ1) is 10.1. The molecule has 0 fully saturated rings. The van der Waals surface area contributed by atoms with Crippen LogP contribution in [0.15, 0.2) is 48.2 Å². The lowest BCUT2D eigenvalue weighted by Gasteiger charge is -2.00. The molecule has 0 aromatic heterocycles. The first-order valence-electron chi connectivity index (χ1n) is 6.03. The minimum absolute atomic E-state index is 0.0455. The maximum Gasteiger partial charge on any atom is 0.288 e. The van der Waals surface area contributed by atoms with Gasteiger partial charge in [-0.3, -0.25) is 14.9 Å². The van der Waals surface area contributed by atoms with E-state index in [1.807, 2.05) is 0 Å². The first-order valence-corrected chi connectivity index (χ1v) is 6.41. The average Bonchev–Trinajstić information content (AvgIpc) is 2.78. The summed E-state index contributed by atoms with van der Waals surface area (Å²) in [6.45, 7) is 0. The van der Waals surface area contributed by atoms with Crippen LogP contribution in [0.2, 0.25) is 5.02 Å². The standard InChI is InChI=1S/C15H8ClNO4/c16-11-6-5-9(7-12(11)17(19)20)8-14-15(18)10-3-1-2-4-13(10)21-14/h1-8H. The largest absolute Gasteiger partial charge is 0.452 e. The predicted octanol–water partition coefficient (Wildman–Crippen LogP) is 3.86. The summed E-state index contributed by atoms with van der Waals surface area (Å²) in [6, 6.07) is 11.2. The van der Waals surface area contributed by atoms with Gasteiger partial charge < -0.3 is 4.74 Å². The van der Waals surface area contributed by atoms with Gasteiger partial charge in [0.1, 0.15) is 10.8 Å². The zero-order valence-electron chi connectivity index (χ0n) is 10.6. The molecule has 104 valence electrons. The van der Waals surface area contributed by atoms with E-state index in [9.17, 15) is 14.9 Å². The lowest BCUT2D eigenvalue weighted by molar-refractivity contribution is -0.384. The second kappa shape index (κ2) is 5.03. The zero-order valence-corrected chi connectivity index (χ0v) is 11.3. The SMILES string of the molecule is O=C1C(=Cc2ccc(Cl)c([N+](=O)[O-])c2)Oc2ccccc21. The number of carbonyl (C=O) groups is 1. The molecule has 6 heteroatoms. The van der Waals surface area contributed by atoms with Crippen molar-refractivity contribution in [3.8, 4) is 5.75 Å². The quantitative estimate of drug-likeness (QED) is 0.480. The van der Waals surface area contributed by atoms with Gasteiger partial charge in [0.05, 0.1) is 10.5 Å². The van der Waals surface area contributed by atoms with Crippen LogP contribution in [-0.2, 0) is 0 Å². The summed E-state index contributed by atoms with van der Waals surface area (Å²) in [7, 11) is 0. The molecule has 0 saturated carbocycles. The Kier molecular flexibility index (Phi) is 3.19. The van der Waals surface area contributed by atoms with Crippen molar-refractivity contribution in [3.05, 3.63) is 74.5 Å². The summed E-state index contributed by atoms with van der Waals surface area (Å²) in [5, 5.41) is 10.9. The fraction of sp³-hybridized carbons (Fsp3) is 0. The Bertz CT molecular complexity index is 798. The van der Waals surface area contributed by atoms with Crippen LogP contribution in [0.25, 0.3) is 6.08 Å². The Balaban J connectivity index is 2.00. The average molecular weight is 302 g/mol. The third kappa shape index (κ3) is 2.39. The molecule has 0 spiro atoms. The number of nitrogens with zero attached hydrogens (tertiary/aromatic N) is 1. The highest BCUT2D eigenvalue weighted by Gasteiger charge is 2.26. The van der Waals surface area contributed by atoms with Gasteiger partial charge in [-0.15, -0.1) is 0 Å². The molecule has 0 radical (unpaired) electrons. The molecule has 3 rings (SSSR count). The summed E-state index contributed by atoms with van der Waals surface area (Å²) >= 11 is 5.75. The van der Waals surface area contributed by atoms with Gasteiger partial charge in [0.25, 0.3) is 5.69 Å². The number of carbonyl (C=O) groups excluding carboxylic acids is 1. The second-order valence-corrected chi connectivity index (χ2v) is 4.81. The van der Waals surface area contributed by atoms with Gasteiger partial charge in [0.15, 0.2) is 5.76 Å². The van der Waals surface area contributed by atoms with E-state index in [1.165, 1.54) is 18.2 Å². The Hall–Kier alpha value is -2.66. The second-order valence-electron chi connectivity index (χ2n) is 4.40. The monoisotopic (exact) mass is 301 g/mol. The van der Waals surface area contributed by atoms with Gasteiger partial charge in [0.2, 0.25) is 5.78 Å². The molecule has 0 saturated heterocycles. The summed E-state index contributed by atoms with van der Waals surface area (Å²) < 4.78 is 5.46. The number of ether oxygens (including phenoxy) is 1. The Morgan fingerprint density at radius 2 is 1.95 bits per heavy atom. The van der Waals surface area contributed by atoms with Crippen LogP contribution < -0.4 is 4.74 Å². The van der Waals surface area contributed by atoms with Gasteiger partial charge in [-0.2, -0.15) is 0 Å². The van der Waals surface area contributed by atoms with E-state index in [2.05, 4.69) is 0 Å². The number of rotatable bonds is 2.